The normalized spacial score (nSPS) is 15.0. The zero-order chi connectivity index (χ0) is 18.8. The van der Waals surface area contributed by atoms with Gasteiger partial charge in [0.05, 0.1) is 11.8 Å². The number of amides is 1. The molecule has 1 atom stereocenters. The number of carbonyl (C=O) groups is 1. The first-order chi connectivity index (χ1) is 13.2. The van der Waals surface area contributed by atoms with Gasteiger partial charge in [-0.05, 0) is 43.0 Å². The van der Waals surface area contributed by atoms with Crippen LogP contribution in [0.3, 0.4) is 0 Å². The van der Waals surface area contributed by atoms with Crippen LogP contribution < -0.4 is 5.32 Å². The molecular formula is C21H24N4OS. The molecular weight excluding hydrogens is 356 g/mol. The summed E-state index contributed by atoms with van der Waals surface area (Å²) in [5.41, 5.74) is 1.14. The zero-order valence-corrected chi connectivity index (χ0v) is 16.5. The number of hydrogen-bond acceptors (Lipinski definition) is 4. The Morgan fingerprint density at radius 2 is 2.00 bits per heavy atom. The minimum atomic E-state index is -0.0460. The van der Waals surface area contributed by atoms with Crippen LogP contribution in [0.5, 0.6) is 0 Å². The van der Waals surface area contributed by atoms with E-state index >= 15 is 0 Å². The van der Waals surface area contributed by atoms with Gasteiger partial charge >= 0.3 is 0 Å². The van der Waals surface area contributed by atoms with Crippen LogP contribution in [0.4, 0.5) is 0 Å². The van der Waals surface area contributed by atoms with Gasteiger partial charge in [0.1, 0.15) is 5.82 Å². The Bertz CT molecular complexity index is 958. The van der Waals surface area contributed by atoms with E-state index in [1.54, 1.807) is 0 Å². The van der Waals surface area contributed by atoms with E-state index in [0.29, 0.717) is 11.7 Å². The molecule has 1 heterocycles. The molecule has 0 aliphatic heterocycles. The Morgan fingerprint density at radius 1 is 1.22 bits per heavy atom. The summed E-state index contributed by atoms with van der Waals surface area (Å²) >= 11 is 1.46. The van der Waals surface area contributed by atoms with Gasteiger partial charge in [0, 0.05) is 12.5 Å². The number of nitrogens with zero attached hydrogens (tertiary/aromatic N) is 3. The summed E-state index contributed by atoms with van der Waals surface area (Å²) in [6, 6.07) is 14.4. The Kier molecular flexibility index (Phi) is 5.16. The minimum absolute atomic E-state index is 0.0130. The van der Waals surface area contributed by atoms with Crippen molar-refractivity contribution in [1.82, 2.24) is 20.1 Å². The predicted molar refractivity (Wildman–Crippen MR) is 109 cm³/mol. The molecule has 1 amide bonds. The Morgan fingerprint density at radius 3 is 2.78 bits per heavy atom. The maximum atomic E-state index is 12.5. The lowest BCUT2D eigenvalue weighted by atomic mass is 10.00. The molecule has 1 aliphatic carbocycles. The molecule has 5 nitrogen and oxygen atoms in total. The summed E-state index contributed by atoms with van der Waals surface area (Å²) in [5, 5.41) is 15.0. The third-order valence-electron chi connectivity index (χ3n) is 5.00. The van der Waals surface area contributed by atoms with E-state index in [4.69, 9.17) is 0 Å². The summed E-state index contributed by atoms with van der Waals surface area (Å²) in [6.45, 7) is 4.97. The first-order valence-electron chi connectivity index (χ1n) is 9.50. The van der Waals surface area contributed by atoms with E-state index < -0.39 is 0 Å². The van der Waals surface area contributed by atoms with Crippen molar-refractivity contribution in [2.75, 3.05) is 5.75 Å². The second-order valence-electron chi connectivity index (χ2n) is 7.01. The van der Waals surface area contributed by atoms with E-state index in [1.165, 1.54) is 35.4 Å². The topological polar surface area (TPSA) is 59.8 Å². The number of carbonyl (C=O) groups excluding carboxylic acids is 1. The number of nitrogens with one attached hydrogen (secondary N) is 1. The molecule has 0 saturated heterocycles. The Hall–Kier alpha value is -2.34. The molecule has 1 fully saturated rings. The molecule has 1 unspecified atom stereocenters. The lowest BCUT2D eigenvalue weighted by Crippen LogP contribution is -2.28. The quantitative estimate of drug-likeness (QED) is 0.621. The number of aromatic nitrogens is 3. The van der Waals surface area contributed by atoms with Crippen LogP contribution in [0.1, 0.15) is 50.0 Å². The second-order valence-corrected chi connectivity index (χ2v) is 7.95. The first kappa shape index (κ1) is 18.0. The van der Waals surface area contributed by atoms with E-state index in [1.807, 2.05) is 25.1 Å². The molecule has 0 bridgehead atoms. The van der Waals surface area contributed by atoms with E-state index in [2.05, 4.69) is 51.3 Å². The average molecular weight is 381 g/mol. The van der Waals surface area contributed by atoms with Gasteiger partial charge in [-0.3, -0.25) is 4.79 Å². The SMILES string of the molecule is CCn1c(SCC(=O)NC(C)c2cccc3ccccc23)nnc1C1CC1. The van der Waals surface area contributed by atoms with Crippen LogP contribution >= 0.6 is 11.8 Å². The molecule has 1 saturated carbocycles. The summed E-state index contributed by atoms with van der Waals surface area (Å²) < 4.78 is 2.14. The molecule has 1 N–H and O–H groups in total. The van der Waals surface area contributed by atoms with Crippen molar-refractivity contribution in [3.63, 3.8) is 0 Å². The highest BCUT2D eigenvalue weighted by molar-refractivity contribution is 7.99. The highest BCUT2D eigenvalue weighted by Crippen LogP contribution is 2.40. The fourth-order valence-corrected chi connectivity index (χ4v) is 4.29. The van der Waals surface area contributed by atoms with Crippen LogP contribution in [-0.4, -0.2) is 26.4 Å². The van der Waals surface area contributed by atoms with E-state index in [9.17, 15) is 4.79 Å². The zero-order valence-electron chi connectivity index (χ0n) is 15.7. The summed E-state index contributed by atoms with van der Waals surface area (Å²) in [7, 11) is 0. The number of hydrogen-bond donors (Lipinski definition) is 1. The third kappa shape index (κ3) is 3.86. The summed E-state index contributed by atoms with van der Waals surface area (Å²) in [5.74, 6) is 1.99. The monoisotopic (exact) mass is 380 g/mol. The van der Waals surface area contributed by atoms with Crippen molar-refractivity contribution in [3.05, 3.63) is 53.9 Å². The maximum absolute atomic E-state index is 12.5. The number of benzene rings is 2. The molecule has 140 valence electrons. The maximum Gasteiger partial charge on any atom is 0.230 e. The van der Waals surface area contributed by atoms with E-state index in [0.717, 1.165) is 23.1 Å². The number of thioether (sulfide) groups is 1. The van der Waals surface area contributed by atoms with Crippen LogP contribution in [0.2, 0.25) is 0 Å². The van der Waals surface area contributed by atoms with Crippen LogP contribution in [0.25, 0.3) is 10.8 Å². The molecule has 2 aromatic carbocycles. The fourth-order valence-electron chi connectivity index (χ4n) is 3.47. The molecule has 0 spiro atoms. The van der Waals surface area contributed by atoms with Crippen molar-refractivity contribution in [1.29, 1.82) is 0 Å². The third-order valence-corrected chi connectivity index (χ3v) is 5.97. The summed E-state index contributed by atoms with van der Waals surface area (Å²) in [6.07, 6.45) is 2.40. The minimum Gasteiger partial charge on any atom is -0.349 e. The molecule has 1 aromatic heterocycles. The summed E-state index contributed by atoms with van der Waals surface area (Å²) in [4.78, 5) is 12.5. The van der Waals surface area contributed by atoms with Crippen molar-refractivity contribution < 1.29 is 4.79 Å². The second kappa shape index (κ2) is 7.72. The van der Waals surface area contributed by atoms with Crippen LogP contribution in [0, 0.1) is 0 Å². The predicted octanol–water partition coefficient (Wildman–Crippen LogP) is 4.30. The van der Waals surface area contributed by atoms with Gasteiger partial charge in [0.25, 0.3) is 0 Å². The van der Waals surface area contributed by atoms with Gasteiger partial charge in [0.15, 0.2) is 5.16 Å². The fraction of sp³-hybridized carbons (Fsp3) is 0.381. The van der Waals surface area contributed by atoms with Crippen molar-refractivity contribution in [2.45, 2.75) is 50.4 Å². The first-order valence-corrected chi connectivity index (χ1v) is 10.5. The largest absolute Gasteiger partial charge is 0.349 e. The lowest BCUT2D eigenvalue weighted by Gasteiger charge is -2.16. The van der Waals surface area contributed by atoms with Gasteiger partial charge < -0.3 is 9.88 Å². The van der Waals surface area contributed by atoms with Crippen molar-refractivity contribution in [3.8, 4) is 0 Å². The number of rotatable bonds is 7. The van der Waals surface area contributed by atoms with Gasteiger partial charge in [-0.25, -0.2) is 0 Å². The Labute approximate surface area is 163 Å². The molecule has 4 rings (SSSR count). The molecule has 1 aliphatic rings. The molecule has 0 radical (unpaired) electrons. The molecule has 27 heavy (non-hydrogen) atoms. The highest BCUT2D eigenvalue weighted by Gasteiger charge is 2.30. The average Bonchev–Trinajstić information content (AvgIpc) is 3.45. The van der Waals surface area contributed by atoms with Crippen molar-refractivity contribution in [2.24, 2.45) is 0 Å². The van der Waals surface area contributed by atoms with Crippen LogP contribution in [-0.2, 0) is 11.3 Å². The van der Waals surface area contributed by atoms with Crippen molar-refractivity contribution >= 4 is 28.4 Å². The highest BCUT2D eigenvalue weighted by atomic mass is 32.2. The van der Waals surface area contributed by atoms with E-state index in [-0.39, 0.29) is 11.9 Å². The Balaban J connectivity index is 1.41. The standard InChI is InChI=1S/C21H24N4OS/c1-3-25-20(16-11-12-16)23-24-21(25)27-13-19(26)22-14(2)17-10-6-8-15-7-4-5-9-18(15)17/h4-10,14,16H,3,11-13H2,1-2H3,(H,22,26). The van der Waals surface area contributed by atoms with Gasteiger partial charge in [-0.1, -0.05) is 54.2 Å². The van der Waals surface area contributed by atoms with Gasteiger partial charge in [0.2, 0.25) is 5.91 Å². The molecule has 6 heteroatoms. The lowest BCUT2D eigenvalue weighted by molar-refractivity contribution is -0.119. The number of fused-ring (bicyclic) bond motifs is 1. The van der Waals surface area contributed by atoms with Gasteiger partial charge in [-0.2, -0.15) is 0 Å². The smallest absolute Gasteiger partial charge is 0.230 e. The van der Waals surface area contributed by atoms with Crippen LogP contribution in [0.15, 0.2) is 47.6 Å². The molecule has 3 aromatic rings. The van der Waals surface area contributed by atoms with Gasteiger partial charge in [-0.15, -0.1) is 10.2 Å².